The largest absolute Gasteiger partial charge is 0.507 e. The van der Waals surface area contributed by atoms with E-state index in [1.165, 1.54) is 18.2 Å². The zero-order chi connectivity index (χ0) is 26.6. The molecule has 0 atom stereocenters. The van der Waals surface area contributed by atoms with Crippen LogP contribution in [0, 0.1) is 12.8 Å². The molecule has 0 aliphatic carbocycles. The van der Waals surface area contributed by atoms with Crippen molar-refractivity contribution in [3.63, 3.8) is 0 Å². The second-order valence-electron chi connectivity index (χ2n) is 10.3. The normalized spacial score (nSPS) is 14.8. The standard InChI is InChI=1S/C28H33N5O4/c1-19-29-12-15-33(19)18-20-10-13-32(14-11-20)26(35)17-28(2,3)21-4-6-22(7-5-21)30-31-23-8-9-25(34)24(16-23)27(36)37/h4-9,12,15-16,20,34H,10-11,13-14,17-18H2,1-3H3,(H,36,37). The first kappa shape index (κ1) is 26.1. The number of imidazole rings is 1. The van der Waals surface area contributed by atoms with Crippen LogP contribution in [0.15, 0.2) is 65.1 Å². The van der Waals surface area contributed by atoms with Gasteiger partial charge in [-0.25, -0.2) is 9.78 Å². The Morgan fingerprint density at radius 2 is 1.70 bits per heavy atom. The molecule has 9 heteroatoms. The van der Waals surface area contributed by atoms with Crippen molar-refractivity contribution in [1.82, 2.24) is 14.5 Å². The first-order chi connectivity index (χ1) is 17.6. The number of amides is 1. The van der Waals surface area contributed by atoms with Gasteiger partial charge in [-0.3, -0.25) is 4.79 Å². The number of rotatable bonds is 8. The van der Waals surface area contributed by atoms with E-state index in [-0.39, 0.29) is 22.6 Å². The number of hydrogen-bond acceptors (Lipinski definition) is 6. The SMILES string of the molecule is Cc1nccn1CC1CCN(C(=O)CC(C)(C)c2ccc(N=Nc3ccc(O)c(C(=O)O)c3)cc2)CC1. The van der Waals surface area contributed by atoms with E-state index >= 15 is 0 Å². The molecule has 0 bridgehead atoms. The number of phenols is 1. The number of aromatic hydroxyl groups is 1. The summed E-state index contributed by atoms with van der Waals surface area (Å²) in [5.41, 5.74) is 1.39. The smallest absolute Gasteiger partial charge is 0.339 e. The van der Waals surface area contributed by atoms with E-state index in [9.17, 15) is 14.7 Å². The second-order valence-corrected chi connectivity index (χ2v) is 10.3. The Balaban J connectivity index is 1.32. The van der Waals surface area contributed by atoms with Gasteiger partial charge < -0.3 is 19.7 Å². The molecule has 4 rings (SSSR count). The number of azo groups is 1. The molecule has 2 heterocycles. The summed E-state index contributed by atoms with van der Waals surface area (Å²) in [7, 11) is 0. The fourth-order valence-corrected chi connectivity index (χ4v) is 4.68. The van der Waals surface area contributed by atoms with Crippen LogP contribution in [0.5, 0.6) is 5.75 Å². The lowest BCUT2D eigenvalue weighted by atomic mass is 9.81. The molecule has 1 aromatic heterocycles. The predicted octanol–water partition coefficient (Wildman–Crippen LogP) is 5.62. The molecule has 1 amide bonds. The van der Waals surface area contributed by atoms with Gasteiger partial charge in [-0.2, -0.15) is 10.2 Å². The number of aromatic nitrogens is 2. The van der Waals surface area contributed by atoms with Crippen molar-refractivity contribution in [3.8, 4) is 5.75 Å². The van der Waals surface area contributed by atoms with Crippen LogP contribution in [0.25, 0.3) is 0 Å². The lowest BCUT2D eigenvalue weighted by Crippen LogP contribution is -2.41. The molecule has 194 valence electrons. The molecule has 1 aliphatic rings. The summed E-state index contributed by atoms with van der Waals surface area (Å²) < 4.78 is 2.19. The van der Waals surface area contributed by atoms with Gasteiger partial charge in [0.2, 0.25) is 5.91 Å². The second kappa shape index (κ2) is 10.9. The number of aromatic carboxylic acids is 1. The number of carboxylic acids is 1. The van der Waals surface area contributed by atoms with Crippen molar-refractivity contribution < 1.29 is 19.8 Å². The third kappa shape index (κ3) is 6.41. The molecule has 0 saturated carbocycles. The van der Waals surface area contributed by atoms with Crippen LogP contribution in [-0.4, -0.2) is 49.6 Å². The van der Waals surface area contributed by atoms with E-state index in [1.807, 2.05) is 48.5 Å². The average Bonchev–Trinajstić information content (AvgIpc) is 3.27. The topological polar surface area (TPSA) is 120 Å². The number of carbonyl (C=O) groups is 2. The lowest BCUT2D eigenvalue weighted by molar-refractivity contribution is -0.133. The molecule has 9 nitrogen and oxygen atoms in total. The summed E-state index contributed by atoms with van der Waals surface area (Å²) in [6, 6.07) is 11.6. The third-order valence-corrected chi connectivity index (χ3v) is 7.08. The Kier molecular flexibility index (Phi) is 7.71. The summed E-state index contributed by atoms with van der Waals surface area (Å²) in [5, 5.41) is 27.0. The van der Waals surface area contributed by atoms with Crippen molar-refractivity contribution in [2.45, 2.75) is 52.0 Å². The number of carboxylic acid groups (broad SMARTS) is 1. The molecule has 0 spiro atoms. The minimum absolute atomic E-state index is 0.174. The maximum Gasteiger partial charge on any atom is 0.339 e. The maximum absolute atomic E-state index is 13.1. The molecule has 37 heavy (non-hydrogen) atoms. The van der Waals surface area contributed by atoms with Crippen molar-refractivity contribution in [3.05, 3.63) is 71.8 Å². The highest BCUT2D eigenvalue weighted by Gasteiger charge is 2.29. The summed E-state index contributed by atoms with van der Waals surface area (Å²) >= 11 is 0. The number of nitrogens with zero attached hydrogens (tertiary/aromatic N) is 5. The molecule has 1 aliphatic heterocycles. The molecule has 2 aromatic carbocycles. The highest BCUT2D eigenvalue weighted by Crippen LogP contribution is 2.31. The van der Waals surface area contributed by atoms with E-state index in [0.717, 1.165) is 43.9 Å². The number of carbonyl (C=O) groups excluding carboxylic acids is 1. The van der Waals surface area contributed by atoms with Crippen molar-refractivity contribution in [2.24, 2.45) is 16.1 Å². The zero-order valence-corrected chi connectivity index (χ0v) is 21.5. The number of piperidine rings is 1. The highest BCUT2D eigenvalue weighted by molar-refractivity contribution is 5.91. The Bertz CT molecular complexity index is 1290. The monoisotopic (exact) mass is 503 g/mol. The van der Waals surface area contributed by atoms with Crippen LogP contribution < -0.4 is 0 Å². The molecule has 0 unspecified atom stereocenters. The highest BCUT2D eigenvalue weighted by atomic mass is 16.4. The van der Waals surface area contributed by atoms with Crippen molar-refractivity contribution in [2.75, 3.05) is 13.1 Å². The van der Waals surface area contributed by atoms with E-state index in [4.69, 9.17) is 5.11 Å². The van der Waals surface area contributed by atoms with Gasteiger partial charge in [0.05, 0.1) is 11.4 Å². The van der Waals surface area contributed by atoms with Gasteiger partial charge in [0.25, 0.3) is 0 Å². The third-order valence-electron chi connectivity index (χ3n) is 7.08. The summed E-state index contributed by atoms with van der Waals surface area (Å²) in [6.45, 7) is 8.68. The Morgan fingerprint density at radius 3 is 2.32 bits per heavy atom. The van der Waals surface area contributed by atoms with E-state index < -0.39 is 5.97 Å². The first-order valence-electron chi connectivity index (χ1n) is 12.5. The Hall–Kier alpha value is -4.01. The van der Waals surface area contributed by atoms with Gasteiger partial charge >= 0.3 is 5.97 Å². The van der Waals surface area contributed by atoms with E-state index in [1.54, 1.807) is 0 Å². The first-order valence-corrected chi connectivity index (χ1v) is 12.5. The summed E-state index contributed by atoms with van der Waals surface area (Å²) in [6.07, 6.45) is 6.27. The van der Waals surface area contributed by atoms with E-state index in [2.05, 4.69) is 33.6 Å². The minimum Gasteiger partial charge on any atom is -0.507 e. The van der Waals surface area contributed by atoms with Crippen LogP contribution in [0.4, 0.5) is 11.4 Å². The molecule has 1 saturated heterocycles. The summed E-state index contributed by atoms with van der Waals surface area (Å²) in [5.74, 6) is 0.211. The van der Waals surface area contributed by atoms with Gasteiger partial charge in [-0.1, -0.05) is 26.0 Å². The van der Waals surface area contributed by atoms with Crippen LogP contribution in [0.3, 0.4) is 0 Å². The predicted molar refractivity (Wildman–Crippen MR) is 140 cm³/mol. The number of likely N-dealkylation sites (tertiary alicyclic amines) is 1. The molecule has 2 N–H and O–H groups in total. The quantitative estimate of drug-likeness (QED) is 0.387. The van der Waals surface area contributed by atoms with Gasteiger partial charge in [-0.05, 0) is 67.0 Å². The minimum atomic E-state index is -1.23. The molecule has 0 radical (unpaired) electrons. The fraction of sp³-hybridized carbons (Fsp3) is 0.393. The van der Waals surface area contributed by atoms with Crippen LogP contribution >= 0.6 is 0 Å². The van der Waals surface area contributed by atoms with Gasteiger partial charge in [-0.15, -0.1) is 0 Å². The lowest BCUT2D eigenvalue weighted by Gasteiger charge is -2.35. The van der Waals surface area contributed by atoms with Gasteiger partial charge in [0.1, 0.15) is 17.1 Å². The van der Waals surface area contributed by atoms with Gasteiger partial charge in [0.15, 0.2) is 0 Å². The van der Waals surface area contributed by atoms with Crippen LogP contribution in [0.2, 0.25) is 0 Å². The number of benzene rings is 2. The number of hydrogen-bond donors (Lipinski definition) is 2. The molecule has 1 fully saturated rings. The van der Waals surface area contributed by atoms with Crippen LogP contribution in [-0.2, 0) is 16.8 Å². The zero-order valence-electron chi connectivity index (χ0n) is 21.5. The molecule has 3 aromatic rings. The Labute approximate surface area is 216 Å². The van der Waals surface area contributed by atoms with Crippen molar-refractivity contribution in [1.29, 1.82) is 0 Å². The Morgan fingerprint density at radius 1 is 1.05 bits per heavy atom. The van der Waals surface area contributed by atoms with Crippen molar-refractivity contribution >= 4 is 23.3 Å². The summed E-state index contributed by atoms with van der Waals surface area (Å²) in [4.78, 5) is 30.6. The average molecular weight is 504 g/mol. The fourth-order valence-electron chi connectivity index (χ4n) is 4.68. The van der Waals surface area contributed by atoms with E-state index in [0.29, 0.717) is 23.7 Å². The maximum atomic E-state index is 13.1. The molecular weight excluding hydrogens is 470 g/mol. The van der Waals surface area contributed by atoms with Crippen LogP contribution in [0.1, 0.15) is 54.9 Å². The van der Waals surface area contributed by atoms with Gasteiger partial charge in [0, 0.05) is 38.4 Å². The molecular formula is C28H33N5O4. The number of aryl methyl sites for hydroxylation is 1.